The summed E-state index contributed by atoms with van der Waals surface area (Å²) in [6.07, 6.45) is 5.58. The molecule has 5 rings (SSSR count). The maximum absolute atomic E-state index is 14.2. The molecule has 2 aromatic carbocycles. The predicted octanol–water partition coefficient (Wildman–Crippen LogP) is 4.90. The minimum Gasteiger partial charge on any atom is -0.360 e. The highest BCUT2D eigenvalue weighted by atomic mass is 127. The summed E-state index contributed by atoms with van der Waals surface area (Å²) in [5.41, 5.74) is 15.7. The predicted molar refractivity (Wildman–Crippen MR) is 172 cm³/mol. The molecule has 1 aliphatic carbocycles. The lowest BCUT2D eigenvalue weighted by Crippen LogP contribution is -2.35. The van der Waals surface area contributed by atoms with E-state index < -0.39 is 11.4 Å². The smallest absolute Gasteiger partial charge is 0.254 e. The van der Waals surface area contributed by atoms with Gasteiger partial charge in [0.2, 0.25) is 5.91 Å². The van der Waals surface area contributed by atoms with Gasteiger partial charge in [-0.05, 0) is 47.1 Å². The van der Waals surface area contributed by atoms with Crippen molar-refractivity contribution in [3.05, 3.63) is 110 Å². The number of hydrogen-bond acceptors (Lipinski definition) is 6. The Morgan fingerprint density at radius 3 is 2.67 bits per heavy atom. The maximum Gasteiger partial charge on any atom is 0.254 e. The van der Waals surface area contributed by atoms with Crippen LogP contribution in [0.2, 0.25) is 0 Å². The molecule has 0 fully saturated rings. The molecule has 1 aliphatic heterocycles. The van der Waals surface area contributed by atoms with Crippen molar-refractivity contribution in [2.24, 2.45) is 16.9 Å². The van der Waals surface area contributed by atoms with E-state index in [1.807, 2.05) is 17.1 Å². The van der Waals surface area contributed by atoms with Crippen molar-refractivity contribution in [3.63, 3.8) is 0 Å². The summed E-state index contributed by atoms with van der Waals surface area (Å²) < 4.78 is 17.2. The van der Waals surface area contributed by atoms with Crippen molar-refractivity contribution >= 4 is 28.5 Å². The van der Waals surface area contributed by atoms with Crippen molar-refractivity contribution in [3.8, 4) is 11.4 Å². The molecule has 0 saturated carbocycles. The van der Waals surface area contributed by atoms with Gasteiger partial charge in [0.1, 0.15) is 18.2 Å². The number of amides is 1. The highest BCUT2D eigenvalue weighted by molar-refractivity contribution is 14.1. The summed E-state index contributed by atoms with van der Waals surface area (Å²) in [5.74, 6) is -0.796. The van der Waals surface area contributed by atoms with Gasteiger partial charge in [0, 0.05) is 45.9 Å². The third-order valence-corrected chi connectivity index (χ3v) is 7.57. The number of carbonyl (C=O) groups is 1. The summed E-state index contributed by atoms with van der Waals surface area (Å²) >= 11 is 2.14. The first-order valence-corrected chi connectivity index (χ1v) is 13.9. The second kappa shape index (κ2) is 13.8. The molecular weight excluding hydrogens is 622 g/mol. The molecule has 2 aliphatic rings. The average Bonchev–Trinajstić information content (AvgIpc) is 3.49. The second-order valence-corrected chi connectivity index (χ2v) is 10.4. The van der Waals surface area contributed by atoms with Crippen LogP contribution >= 0.6 is 22.6 Å². The highest BCUT2D eigenvalue weighted by Gasteiger charge is 2.31. The van der Waals surface area contributed by atoms with Gasteiger partial charge in [-0.15, -0.1) is 0 Å². The van der Waals surface area contributed by atoms with Crippen molar-refractivity contribution < 1.29 is 13.5 Å². The van der Waals surface area contributed by atoms with Crippen LogP contribution in [0.1, 0.15) is 42.2 Å². The number of nitrogens with one attached hydrogen (secondary N) is 2. The summed E-state index contributed by atoms with van der Waals surface area (Å²) in [5, 5.41) is 6.03. The molecule has 0 spiro atoms. The van der Waals surface area contributed by atoms with Crippen LogP contribution < -0.4 is 27.7 Å². The van der Waals surface area contributed by atoms with Gasteiger partial charge in [0.25, 0.3) is 5.56 Å². The number of hydrogen-bond donors (Lipinski definition) is 4. The van der Waals surface area contributed by atoms with Crippen LogP contribution in [0.25, 0.3) is 11.4 Å². The molecule has 8 nitrogen and oxygen atoms in total. The Kier molecular flexibility index (Phi) is 10.8. The van der Waals surface area contributed by atoms with Gasteiger partial charge >= 0.3 is 0 Å². The van der Waals surface area contributed by atoms with Gasteiger partial charge < -0.3 is 22.1 Å². The first-order chi connectivity index (χ1) is 18.8. The number of halogens is 2. The minimum absolute atomic E-state index is 0. The fourth-order valence-corrected chi connectivity index (χ4v) is 5.53. The van der Waals surface area contributed by atoms with Crippen LogP contribution in [0.15, 0.2) is 87.1 Å². The van der Waals surface area contributed by atoms with Crippen LogP contribution in [0.4, 0.5) is 4.39 Å². The second-order valence-electron chi connectivity index (χ2n) is 9.73. The number of rotatable bonds is 6. The van der Waals surface area contributed by atoms with Gasteiger partial charge in [0.15, 0.2) is 0 Å². The monoisotopic (exact) mass is 664 g/mol. The van der Waals surface area contributed by atoms with E-state index in [2.05, 4.69) is 62.5 Å². The number of nitrogens with two attached hydrogens (primary N) is 2. The molecule has 218 valence electrons. The van der Waals surface area contributed by atoms with Gasteiger partial charge in [-0.3, -0.25) is 14.2 Å². The molecule has 0 radical (unpaired) electrons. The number of nitrogens with zero attached hydrogens (tertiary/aromatic N) is 2. The zero-order valence-electron chi connectivity index (χ0n) is 21.7. The van der Waals surface area contributed by atoms with Crippen LogP contribution in [-0.2, 0) is 17.8 Å². The highest BCUT2D eigenvalue weighted by Crippen LogP contribution is 2.33. The Morgan fingerprint density at radius 2 is 2.00 bits per heavy atom. The third-order valence-electron chi connectivity index (χ3n) is 6.94. The first kappa shape index (κ1) is 31.2. The average molecular weight is 665 g/mol. The van der Waals surface area contributed by atoms with Crippen molar-refractivity contribution in [2.75, 3.05) is 13.1 Å². The van der Waals surface area contributed by atoms with Gasteiger partial charge in [-0.2, -0.15) is 0 Å². The molecule has 2 heterocycles. The standard InChI is InChI=1S/C20H21FIN5O2.C9H11N.CH4.3H2/c1-20(12-23)8-13(26-16(20)9-22)10-25-17(28)11-27-18(29)6-7-24-19(27)14-4-2-3-5-15(14)21;10-9-6-5-7-3-1-2-4-8(7)9;;;;/h2-9,26H,10-12,23H2,1H3,(H,25,28);1-4,9H,5-6,10H2;1H4;3*1H/b16-9+;;;;;/t;9-;;;;/m.0..../s1. The van der Waals surface area contributed by atoms with E-state index in [1.165, 1.54) is 35.5 Å². The summed E-state index contributed by atoms with van der Waals surface area (Å²) in [4.78, 5) is 28.9. The lowest BCUT2D eigenvalue weighted by molar-refractivity contribution is -0.121. The fourth-order valence-electron chi connectivity index (χ4n) is 4.66. The summed E-state index contributed by atoms with van der Waals surface area (Å²) in [7, 11) is 0. The minimum atomic E-state index is -0.515. The molecule has 0 bridgehead atoms. The van der Waals surface area contributed by atoms with Gasteiger partial charge in [-0.25, -0.2) is 9.37 Å². The van der Waals surface area contributed by atoms with E-state index in [-0.39, 0.29) is 47.5 Å². The van der Waals surface area contributed by atoms with Gasteiger partial charge in [0.05, 0.1) is 12.1 Å². The molecule has 40 heavy (non-hydrogen) atoms. The number of aryl methyl sites for hydroxylation is 1. The molecule has 6 N–H and O–H groups in total. The largest absolute Gasteiger partial charge is 0.360 e. The SMILES string of the molecule is C.CC1(CN)C=C(CNC(=O)Cn2c(-c3ccccc3F)nccc2=O)N/C1=C/I.N[C@H]1CCc2ccccc21.[HH].[HH].[HH]. The van der Waals surface area contributed by atoms with E-state index in [0.717, 1.165) is 28.8 Å². The lowest BCUT2D eigenvalue weighted by atomic mass is 9.89. The van der Waals surface area contributed by atoms with E-state index >= 15 is 0 Å². The molecule has 10 heteroatoms. The quantitative estimate of drug-likeness (QED) is 0.278. The third kappa shape index (κ3) is 7.04. The van der Waals surface area contributed by atoms with Crippen molar-refractivity contribution in [1.82, 2.24) is 20.2 Å². The van der Waals surface area contributed by atoms with Gasteiger partial charge in [-0.1, -0.05) is 72.5 Å². The Morgan fingerprint density at radius 1 is 1.27 bits per heavy atom. The van der Waals surface area contributed by atoms with E-state index in [4.69, 9.17) is 11.5 Å². The van der Waals surface area contributed by atoms with E-state index in [0.29, 0.717) is 12.6 Å². The van der Waals surface area contributed by atoms with Crippen LogP contribution in [0.5, 0.6) is 0 Å². The molecule has 1 amide bonds. The Labute approximate surface area is 252 Å². The van der Waals surface area contributed by atoms with Crippen molar-refractivity contribution in [1.29, 1.82) is 0 Å². The molecule has 1 aromatic heterocycles. The number of carbonyl (C=O) groups excluding carboxylic acids is 1. The molecule has 2 atom stereocenters. The first-order valence-electron chi connectivity index (χ1n) is 12.7. The number of fused-ring (bicyclic) bond motifs is 1. The Hall–Kier alpha value is -3.35. The Bertz CT molecular complexity index is 1490. The van der Waals surface area contributed by atoms with Crippen LogP contribution in [0, 0.1) is 11.2 Å². The lowest BCUT2D eigenvalue weighted by Gasteiger charge is -2.20. The number of benzene rings is 2. The fraction of sp³-hybridized carbons (Fsp3) is 0.300. The van der Waals surface area contributed by atoms with E-state index in [1.54, 1.807) is 12.1 Å². The molecule has 1 unspecified atom stereocenters. The zero-order chi connectivity index (χ0) is 28.0. The number of aromatic nitrogens is 2. The summed E-state index contributed by atoms with van der Waals surface area (Å²) in [6.45, 7) is 2.43. The molecule has 3 aromatic rings. The maximum atomic E-state index is 14.2. The Balaban J connectivity index is 0.00000107. The van der Waals surface area contributed by atoms with Crippen LogP contribution in [-0.4, -0.2) is 28.5 Å². The van der Waals surface area contributed by atoms with E-state index in [9.17, 15) is 14.0 Å². The zero-order valence-corrected chi connectivity index (χ0v) is 23.8. The van der Waals surface area contributed by atoms with Crippen LogP contribution in [0.3, 0.4) is 0 Å². The molecule has 0 saturated heterocycles. The van der Waals surface area contributed by atoms with Crippen molar-refractivity contribution in [2.45, 2.75) is 39.8 Å². The summed E-state index contributed by atoms with van der Waals surface area (Å²) in [6, 6.07) is 16.0. The normalized spacial score (nSPS) is 20.0. The molecular formula is C30H42FIN6O2. The topological polar surface area (TPSA) is 128 Å².